The first-order valence-electron chi connectivity index (χ1n) is 10.9. The number of rotatable bonds is 6. The Morgan fingerprint density at radius 2 is 2.11 bits per heavy atom. The summed E-state index contributed by atoms with van der Waals surface area (Å²) in [7, 11) is 0. The highest BCUT2D eigenvalue weighted by Crippen LogP contribution is 2.52. The number of benzene rings is 1. The molecule has 1 N–H and O–H groups in total. The van der Waals surface area contributed by atoms with Gasteiger partial charge in [0.25, 0.3) is 0 Å². The van der Waals surface area contributed by atoms with Crippen LogP contribution in [0.5, 0.6) is 0 Å². The summed E-state index contributed by atoms with van der Waals surface area (Å²) in [6.45, 7) is 12.1. The predicted molar refractivity (Wildman–Crippen MR) is 112 cm³/mol. The second-order valence-corrected chi connectivity index (χ2v) is 9.09. The van der Waals surface area contributed by atoms with Gasteiger partial charge in [-0.15, -0.1) is 0 Å². The number of fused-ring (bicyclic) bond motifs is 1. The number of guanidine groups is 1. The molecule has 28 heavy (non-hydrogen) atoms. The summed E-state index contributed by atoms with van der Waals surface area (Å²) in [6, 6.07) is 10.9. The van der Waals surface area contributed by atoms with Crippen molar-refractivity contribution in [2.45, 2.75) is 52.4 Å². The molecule has 1 aromatic rings. The lowest BCUT2D eigenvalue weighted by Crippen LogP contribution is -2.68. The third kappa shape index (κ3) is 3.92. The summed E-state index contributed by atoms with van der Waals surface area (Å²) in [5, 5.41) is 3.82. The molecule has 0 bridgehead atoms. The normalized spacial score (nSPS) is 31.5. The van der Waals surface area contributed by atoms with Gasteiger partial charge < -0.3 is 19.7 Å². The molecule has 5 nitrogen and oxygen atoms in total. The largest absolute Gasteiger partial charge is 0.377 e. The molecular formula is C23H35N3O2. The molecule has 4 rings (SSSR count). The van der Waals surface area contributed by atoms with Gasteiger partial charge in [-0.3, -0.25) is 4.99 Å². The highest BCUT2D eigenvalue weighted by molar-refractivity contribution is 5.81. The number of hydrogen-bond donors (Lipinski definition) is 1. The first-order valence-corrected chi connectivity index (χ1v) is 10.9. The first-order chi connectivity index (χ1) is 13.6. The fourth-order valence-corrected chi connectivity index (χ4v) is 5.22. The summed E-state index contributed by atoms with van der Waals surface area (Å²) in [5.74, 6) is 2.28. The summed E-state index contributed by atoms with van der Waals surface area (Å²) in [5.41, 5.74) is 1.42. The Balaban J connectivity index is 1.29. The maximum absolute atomic E-state index is 5.99. The number of ether oxygens (including phenoxy) is 2. The van der Waals surface area contributed by atoms with Crippen LogP contribution in [0.2, 0.25) is 0 Å². The standard InChI is InChI=1S/C23H35N3O2/c1-4-24-22(25-20-19-11-13-28-21(19)23(20,2)3)26-12-10-18(14-26)16-27-15-17-8-6-5-7-9-17/h5-9,18-21H,4,10-16H2,1-3H3,(H,24,25). The fourth-order valence-electron chi connectivity index (χ4n) is 5.22. The van der Waals surface area contributed by atoms with Gasteiger partial charge in [0.2, 0.25) is 0 Å². The number of nitrogens with zero attached hydrogens (tertiary/aromatic N) is 2. The van der Waals surface area contributed by atoms with Crippen molar-refractivity contribution in [3.63, 3.8) is 0 Å². The second-order valence-electron chi connectivity index (χ2n) is 9.09. The molecule has 154 valence electrons. The highest BCUT2D eigenvalue weighted by Gasteiger charge is 2.59. The van der Waals surface area contributed by atoms with Gasteiger partial charge in [-0.25, -0.2) is 0 Å². The van der Waals surface area contributed by atoms with E-state index in [4.69, 9.17) is 14.5 Å². The number of nitrogens with one attached hydrogen (secondary N) is 1. The summed E-state index contributed by atoms with van der Waals surface area (Å²) in [6.07, 6.45) is 2.74. The van der Waals surface area contributed by atoms with Gasteiger partial charge in [-0.1, -0.05) is 44.2 Å². The van der Waals surface area contributed by atoms with E-state index in [1.165, 1.54) is 18.4 Å². The molecule has 1 saturated carbocycles. The van der Waals surface area contributed by atoms with Gasteiger partial charge in [-0.05, 0) is 25.3 Å². The molecule has 1 aromatic carbocycles. The van der Waals surface area contributed by atoms with Gasteiger partial charge in [0.05, 0.1) is 19.3 Å². The molecule has 0 aromatic heterocycles. The molecule has 5 heteroatoms. The summed E-state index contributed by atoms with van der Waals surface area (Å²) < 4.78 is 11.9. The summed E-state index contributed by atoms with van der Waals surface area (Å²) >= 11 is 0. The van der Waals surface area contributed by atoms with E-state index in [0.717, 1.165) is 38.8 Å². The monoisotopic (exact) mass is 385 g/mol. The molecule has 0 amide bonds. The van der Waals surface area contributed by atoms with E-state index >= 15 is 0 Å². The molecule has 4 unspecified atom stereocenters. The average Bonchev–Trinajstić information content (AvgIpc) is 3.34. The van der Waals surface area contributed by atoms with Crippen LogP contribution in [-0.4, -0.2) is 55.9 Å². The molecule has 3 aliphatic rings. The van der Waals surface area contributed by atoms with Crippen LogP contribution in [0.1, 0.15) is 39.2 Å². The predicted octanol–water partition coefficient (Wildman–Crippen LogP) is 3.30. The fraction of sp³-hybridized carbons (Fsp3) is 0.696. The minimum Gasteiger partial charge on any atom is -0.377 e. The lowest BCUT2D eigenvalue weighted by molar-refractivity contribution is -0.107. The maximum atomic E-state index is 5.99. The molecule has 2 saturated heterocycles. The van der Waals surface area contributed by atoms with E-state index in [9.17, 15) is 0 Å². The van der Waals surface area contributed by atoms with E-state index in [2.05, 4.69) is 55.3 Å². The number of hydrogen-bond acceptors (Lipinski definition) is 3. The smallest absolute Gasteiger partial charge is 0.194 e. The third-order valence-electron chi connectivity index (χ3n) is 6.74. The molecule has 4 atom stereocenters. The third-order valence-corrected chi connectivity index (χ3v) is 6.74. The van der Waals surface area contributed by atoms with Gasteiger partial charge in [0.15, 0.2) is 5.96 Å². The van der Waals surface area contributed by atoms with Crippen LogP contribution in [0.4, 0.5) is 0 Å². The molecule has 2 aliphatic heterocycles. The Morgan fingerprint density at radius 3 is 2.89 bits per heavy atom. The second kappa shape index (κ2) is 8.42. The van der Waals surface area contributed by atoms with Crippen molar-refractivity contribution in [3.8, 4) is 0 Å². The SMILES string of the molecule is CCN=C(NC1C2CCOC2C1(C)C)N1CCC(COCc2ccccc2)C1. The quantitative estimate of drug-likeness (QED) is 0.603. The van der Waals surface area contributed by atoms with Crippen LogP contribution < -0.4 is 5.32 Å². The van der Waals surface area contributed by atoms with Crippen molar-refractivity contribution >= 4 is 5.96 Å². The van der Waals surface area contributed by atoms with Crippen LogP contribution in [0.3, 0.4) is 0 Å². The molecule has 0 radical (unpaired) electrons. The Labute approximate surface area is 169 Å². The minimum atomic E-state index is 0.174. The number of aliphatic imine (C=N–C) groups is 1. The van der Waals surface area contributed by atoms with E-state index in [-0.39, 0.29) is 5.41 Å². The van der Waals surface area contributed by atoms with Crippen molar-refractivity contribution in [1.29, 1.82) is 0 Å². The Hall–Kier alpha value is -1.59. The first kappa shape index (κ1) is 19.7. The molecule has 3 fully saturated rings. The minimum absolute atomic E-state index is 0.174. The maximum Gasteiger partial charge on any atom is 0.194 e. The zero-order valence-corrected chi connectivity index (χ0v) is 17.6. The molecule has 1 aliphatic carbocycles. The Morgan fingerprint density at radius 1 is 1.29 bits per heavy atom. The van der Waals surface area contributed by atoms with Gasteiger partial charge in [0, 0.05) is 49.5 Å². The van der Waals surface area contributed by atoms with Crippen LogP contribution in [0, 0.1) is 17.3 Å². The number of likely N-dealkylation sites (tertiary alicyclic amines) is 1. The lowest BCUT2D eigenvalue weighted by Gasteiger charge is -2.55. The van der Waals surface area contributed by atoms with Crippen molar-refractivity contribution in [2.24, 2.45) is 22.2 Å². The van der Waals surface area contributed by atoms with E-state index in [0.29, 0.717) is 30.6 Å². The zero-order valence-electron chi connectivity index (χ0n) is 17.6. The van der Waals surface area contributed by atoms with Gasteiger partial charge in [-0.2, -0.15) is 0 Å². The van der Waals surface area contributed by atoms with E-state index in [1.54, 1.807) is 0 Å². The van der Waals surface area contributed by atoms with E-state index in [1.807, 2.05) is 6.07 Å². The Bertz CT molecular complexity index is 676. The zero-order chi connectivity index (χ0) is 19.6. The van der Waals surface area contributed by atoms with Crippen molar-refractivity contribution in [3.05, 3.63) is 35.9 Å². The molecule has 2 heterocycles. The molecule has 0 spiro atoms. The van der Waals surface area contributed by atoms with Crippen molar-refractivity contribution in [1.82, 2.24) is 10.2 Å². The van der Waals surface area contributed by atoms with Crippen molar-refractivity contribution < 1.29 is 9.47 Å². The van der Waals surface area contributed by atoms with Crippen LogP contribution in [0.15, 0.2) is 35.3 Å². The molecular weight excluding hydrogens is 350 g/mol. The van der Waals surface area contributed by atoms with Crippen LogP contribution in [-0.2, 0) is 16.1 Å². The summed E-state index contributed by atoms with van der Waals surface area (Å²) in [4.78, 5) is 7.25. The van der Waals surface area contributed by atoms with E-state index < -0.39 is 0 Å². The van der Waals surface area contributed by atoms with Gasteiger partial charge in [0.1, 0.15) is 0 Å². The van der Waals surface area contributed by atoms with Crippen LogP contribution >= 0.6 is 0 Å². The highest BCUT2D eigenvalue weighted by atomic mass is 16.5. The average molecular weight is 386 g/mol. The lowest BCUT2D eigenvalue weighted by atomic mass is 9.57. The Kier molecular flexibility index (Phi) is 5.93. The van der Waals surface area contributed by atoms with Gasteiger partial charge >= 0.3 is 0 Å². The van der Waals surface area contributed by atoms with Crippen molar-refractivity contribution in [2.75, 3.05) is 32.8 Å². The van der Waals surface area contributed by atoms with Crippen LogP contribution in [0.25, 0.3) is 0 Å². The topological polar surface area (TPSA) is 46.1 Å².